The number of rotatable bonds is 21. The lowest BCUT2D eigenvalue weighted by atomic mass is 9.94. The number of fused-ring (bicyclic) bond motifs is 1. The summed E-state index contributed by atoms with van der Waals surface area (Å²) >= 11 is 0. The molecule has 0 amide bonds. The normalized spacial score (nSPS) is 16.9. The first kappa shape index (κ1) is 36.2. The first-order valence-electron chi connectivity index (χ1n) is 18.3. The van der Waals surface area contributed by atoms with Gasteiger partial charge in [-0.25, -0.2) is 15.0 Å². The summed E-state index contributed by atoms with van der Waals surface area (Å²) in [5.41, 5.74) is 2.21. The van der Waals surface area contributed by atoms with Crippen LogP contribution in [0.25, 0.3) is 22.6 Å². The monoisotopic (exact) mass is 649 g/mol. The van der Waals surface area contributed by atoms with Crippen molar-refractivity contribution in [1.82, 2.24) is 15.0 Å². The molecule has 3 atom stereocenters. The molecule has 0 spiro atoms. The number of aromatic nitrogens is 3. The Morgan fingerprint density at radius 2 is 1.41 bits per heavy atom. The number of ether oxygens (including phenoxy) is 1. The van der Waals surface area contributed by atoms with Gasteiger partial charge in [0, 0.05) is 18.0 Å². The summed E-state index contributed by atoms with van der Waals surface area (Å²) in [7, 11) is -0.441. The predicted molar refractivity (Wildman–Crippen MR) is 191 cm³/mol. The first-order chi connectivity index (χ1) is 22.3. The van der Waals surface area contributed by atoms with E-state index in [0.29, 0.717) is 17.9 Å². The van der Waals surface area contributed by atoms with Gasteiger partial charge in [-0.15, -0.1) is 0 Å². The molecule has 252 valence electrons. The maximum atomic E-state index is 15.3. The van der Waals surface area contributed by atoms with Crippen molar-refractivity contribution in [2.75, 3.05) is 0 Å². The SMILES string of the molecule is CCCCCCCC1Oc2ccc(-c3ncc(-c4ccccc4[SiH2]CCC(C)CCCCC(C)CCCCC)cn3)nc2C1(F)F. The lowest BCUT2D eigenvalue weighted by Gasteiger charge is -2.17. The van der Waals surface area contributed by atoms with Crippen LogP contribution in [0.4, 0.5) is 8.78 Å². The van der Waals surface area contributed by atoms with Gasteiger partial charge >= 0.3 is 5.92 Å². The molecule has 0 saturated carbocycles. The van der Waals surface area contributed by atoms with Crippen LogP contribution in [0, 0.1) is 11.8 Å². The Hall–Kier alpha value is -2.67. The predicted octanol–water partition coefficient (Wildman–Crippen LogP) is 10.4. The number of alkyl halides is 2. The minimum Gasteiger partial charge on any atom is -0.482 e. The van der Waals surface area contributed by atoms with Crippen molar-refractivity contribution in [1.29, 1.82) is 0 Å². The van der Waals surface area contributed by atoms with E-state index in [-0.39, 0.29) is 11.4 Å². The minimum atomic E-state index is -3.12. The molecular formula is C39H57F2N3OSi. The van der Waals surface area contributed by atoms with Gasteiger partial charge in [-0.3, -0.25) is 0 Å². The second-order valence-electron chi connectivity index (χ2n) is 13.8. The number of hydrogen-bond donors (Lipinski definition) is 0. The van der Waals surface area contributed by atoms with E-state index in [1.807, 2.05) is 12.4 Å². The Labute approximate surface area is 279 Å². The van der Waals surface area contributed by atoms with Gasteiger partial charge in [0.1, 0.15) is 11.4 Å². The second kappa shape index (κ2) is 18.6. The Morgan fingerprint density at radius 3 is 2.13 bits per heavy atom. The molecule has 1 aliphatic rings. The highest BCUT2D eigenvalue weighted by Gasteiger charge is 2.52. The second-order valence-corrected chi connectivity index (χ2v) is 15.8. The highest BCUT2D eigenvalue weighted by molar-refractivity contribution is 6.55. The van der Waals surface area contributed by atoms with Crippen LogP contribution in [0.5, 0.6) is 5.75 Å². The smallest absolute Gasteiger partial charge is 0.329 e. The molecule has 3 heterocycles. The van der Waals surface area contributed by atoms with Crippen LogP contribution in [0.1, 0.15) is 130 Å². The van der Waals surface area contributed by atoms with Crippen LogP contribution < -0.4 is 9.92 Å². The minimum absolute atomic E-state index is 0.171. The van der Waals surface area contributed by atoms with Crippen molar-refractivity contribution >= 4 is 14.7 Å². The first-order valence-corrected chi connectivity index (χ1v) is 20.0. The molecule has 4 nitrogen and oxygen atoms in total. The average molecular weight is 650 g/mol. The van der Waals surface area contributed by atoms with Gasteiger partial charge in [0.05, 0.1) is 9.52 Å². The lowest BCUT2D eigenvalue weighted by molar-refractivity contribution is -0.0818. The largest absolute Gasteiger partial charge is 0.482 e. The average Bonchev–Trinajstić information content (AvgIpc) is 3.32. The fourth-order valence-corrected chi connectivity index (χ4v) is 8.91. The summed E-state index contributed by atoms with van der Waals surface area (Å²) in [4.78, 5) is 13.5. The van der Waals surface area contributed by atoms with Crippen LogP contribution in [0.3, 0.4) is 0 Å². The Balaban J connectivity index is 1.29. The van der Waals surface area contributed by atoms with Crippen molar-refractivity contribution in [3.8, 4) is 28.4 Å². The molecule has 0 aliphatic carbocycles. The van der Waals surface area contributed by atoms with Crippen molar-refractivity contribution in [2.24, 2.45) is 11.8 Å². The number of benzene rings is 1. The van der Waals surface area contributed by atoms with E-state index in [4.69, 9.17) is 4.74 Å². The summed E-state index contributed by atoms with van der Waals surface area (Å²) < 4.78 is 36.2. The zero-order valence-corrected chi connectivity index (χ0v) is 30.3. The van der Waals surface area contributed by atoms with E-state index in [0.717, 1.165) is 49.5 Å². The molecule has 4 rings (SSSR count). The molecule has 2 aromatic heterocycles. The molecule has 1 aromatic carbocycles. The third-order valence-electron chi connectivity index (χ3n) is 9.71. The zero-order chi connectivity index (χ0) is 32.8. The number of nitrogens with zero attached hydrogens (tertiary/aromatic N) is 3. The standard InChI is InChI=1S/C39H57F2N3OSi/c1-5-7-9-10-12-22-36-39(40,41)37-34(45-36)24-23-33(44-37)38-42-27-31(28-43-38)32-20-15-16-21-35(32)46-26-25-30(4)19-14-13-18-29(3)17-11-8-6-2/h15-16,20-21,23-24,27-30,36H,5-14,17-19,22,25-26,46H2,1-4H3. The highest BCUT2D eigenvalue weighted by Crippen LogP contribution is 2.46. The van der Waals surface area contributed by atoms with Gasteiger partial charge in [-0.1, -0.05) is 147 Å². The van der Waals surface area contributed by atoms with E-state index >= 15 is 8.78 Å². The zero-order valence-electron chi connectivity index (χ0n) is 28.9. The van der Waals surface area contributed by atoms with Gasteiger partial charge in [0.15, 0.2) is 17.6 Å². The molecule has 7 heteroatoms. The van der Waals surface area contributed by atoms with Crippen LogP contribution >= 0.6 is 0 Å². The van der Waals surface area contributed by atoms with Crippen molar-refractivity contribution in [2.45, 2.75) is 142 Å². The summed E-state index contributed by atoms with van der Waals surface area (Å²) in [5.74, 6) is -0.954. The lowest BCUT2D eigenvalue weighted by Crippen LogP contribution is -2.30. The van der Waals surface area contributed by atoms with Gasteiger partial charge < -0.3 is 4.74 Å². The topological polar surface area (TPSA) is 47.9 Å². The van der Waals surface area contributed by atoms with Crippen LogP contribution in [0.15, 0.2) is 48.8 Å². The molecule has 0 fully saturated rings. The van der Waals surface area contributed by atoms with Crippen molar-refractivity contribution in [3.05, 3.63) is 54.5 Å². The highest BCUT2D eigenvalue weighted by atomic mass is 28.2. The van der Waals surface area contributed by atoms with Crippen molar-refractivity contribution < 1.29 is 13.5 Å². The molecule has 0 N–H and O–H groups in total. The van der Waals surface area contributed by atoms with Crippen molar-refractivity contribution in [3.63, 3.8) is 0 Å². The number of hydrogen-bond acceptors (Lipinski definition) is 4. The third kappa shape index (κ3) is 10.4. The Morgan fingerprint density at radius 1 is 0.783 bits per heavy atom. The molecule has 3 aromatic rings. The van der Waals surface area contributed by atoms with E-state index in [9.17, 15) is 0 Å². The molecule has 46 heavy (non-hydrogen) atoms. The van der Waals surface area contributed by atoms with Crippen LogP contribution in [-0.4, -0.2) is 30.6 Å². The summed E-state index contributed by atoms with van der Waals surface area (Å²) in [6.45, 7) is 9.27. The van der Waals surface area contributed by atoms with Crippen LogP contribution in [0.2, 0.25) is 6.04 Å². The molecule has 1 aliphatic heterocycles. The third-order valence-corrected chi connectivity index (χ3v) is 11.6. The van der Waals surface area contributed by atoms with Gasteiger partial charge in [0.25, 0.3) is 0 Å². The molecule has 0 saturated heterocycles. The number of pyridine rings is 1. The number of halogens is 2. The van der Waals surface area contributed by atoms with E-state index < -0.39 is 21.5 Å². The Kier molecular flexibility index (Phi) is 14.6. The van der Waals surface area contributed by atoms with Gasteiger partial charge in [-0.05, 0) is 42.4 Å². The van der Waals surface area contributed by atoms with E-state index in [1.165, 1.54) is 74.6 Å². The maximum Gasteiger partial charge on any atom is 0.329 e. The number of unbranched alkanes of at least 4 members (excludes halogenated alkanes) is 7. The fourth-order valence-electron chi connectivity index (χ4n) is 6.74. The van der Waals surface area contributed by atoms with Gasteiger partial charge in [-0.2, -0.15) is 8.78 Å². The fraction of sp³-hybridized carbons (Fsp3) is 0.615. The summed E-state index contributed by atoms with van der Waals surface area (Å²) in [6, 6.07) is 13.2. The van der Waals surface area contributed by atoms with E-state index in [1.54, 1.807) is 12.1 Å². The quantitative estimate of drug-likeness (QED) is 0.0851. The van der Waals surface area contributed by atoms with E-state index in [2.05, 4.69) is 66.9 Å². The molecule has 0 radical (unpaired) electrons. The Bertz CT molecular complexity index is 1320. The molecular weight excluding hydrogens is 593 g/mol. The van der Waals surface area contributed by atoms with Gasteiger partial charge in [0.2, 0.25) is 0 Å². The molecule has 0 bridgehead atoms. The summed E-state index contributed by atoms with van der Waals surface area (Å²) in [6.07, 6.45) is 20.0. The summed E-state index contributed by atoms with van der Waals surface area (Å²) in [5, 5.41) is 1.43. The van der Waals surface area contributed by atoms with Crippen LogP contribution in [-0.2, 0) is 5.92 Å². The molecule has 3 unspecified atom stereocenters. The maximum absolute atomic E-state index is 15.3.